The zero-order valence-electron chi connectivity index (χ0n) is 15.7. The molecule has 2 rings (SSSR count). The molecule has 0 spiro atoms. The molecular formula is C20H37NO2. The lowest BCUT2D eigenvalue weighted by molar-refractivity contribution is -0.157. The molecule has 2 fully saturated rings. The van der Waals surface area contributed by atoms with Gasteiger partial charge in [-0.25, -0.2) is 0 Å². The first kappa shape index (κ1) is 18.8. The SMILES string of the molecule is CCC12CCCCCC(N)CCCCC1C2C(=O)OC(C)(C)C. The molecule has 0 aromatic heterocycles. The molecule has 0 aromatic carbocycles. The third kappa shape index (κ3) is 4.71. The topological polar surface area (TPSA) is 52.3 Å². The van der Waals surface area contributed by atoms with Crippen LogP contribution in [0.15, 0.2) is 0 Å². The Hall–Kier alpha value is -0.570. The molecule has 0 saturated heterocycles. The molecule has 0 aliphatic heterocycles. The Bertz CT molecular complexity index is 401. The second-order valence-electron chi connectivity index (χ2n) is 8.85. The van der Waals surface area contributed by atoms with E-state index in [-0.39, 0.29) is 22.9 Å². The van der Waals surface area contributed by atoms with Crippen molar-refractivity contribution < 1.29 is 9.53 Å². The molecule has 4 unspecified atom stereocenters. The van der Waals surface area contributed by atoms with Crippen molar-refractivity contribution in [3.05, 3.63) is 0 Å². The number of esters is 1. The van der Waals surface area contributed by atoms with Crippen molar-refractivity contribution in [2.75, 3.05) is 0 Å². The Morgan fingerprint density at radius 1 is 1.09 bits per heavy atom. The van der Waals surface area contributed by atoms with Gasteiger partial charge in [-0.1, -0.05) is 39.0 Å². The van der Waals surface area contributed by atoms with Crippen molar-refractivity contribution in [2.45, 2.75) is 104 Å². The van der Waals surface area contributed by atoms with Crippen LogP contribution in [0.1, 0.15) is 91.9 Å². The number of fused-ring (bicyclic) bond motifs is 1. The average Bonchev–Trinajstić information content (AvgIpc) is 3.08. The van der Waals surface area contributed by atoms with Gasteiger partial charge in [0.2, 0.25) is 0 Å². The van der Waals surface area contributed by atoms with Crippen LogP contribution >= 0.6 is 0 Å². The van der Waals surface area contributed by atoms with Crippen LogP contribution in [0.2, 0.25) is 0 Å². The summed E-state index contributed by atoms with van der Waals surface area (Å²) in [5.74, 6) is 0.732. The molecule has 3 heteroatoms. The molecule has 0 aromatic rings. The first-order valence-electron chi connectivity index (χ1n) is 9.78. The molecule has 2 N–H and O–H groups in total. The molecule has 3 nitrogen and oxygen atoms in total. The summed E-state index contributed by atoms with van der Waals surface area (Å²) in [5.41, 5.74) is 6.03. The summed E-state index contributed by atoms with van der Waals surface area (Å²) in [6.07, 6.45) is 11.9. The number of carbonyl (C=O) groups is 1. The predicted octanol–water partition coefficient (Wildman–Crippen LogP) is 4.82. The van der Waals surface area contributed by atoms with Crippen LogP contribution in [-0.2, 0) is 9.53 Å². The van der Waals surface area contributed by atoms with Crippen molar-refractivity contribution >= 4 is 5.97 Å². The highest BCUT2D eigenvalue weighted by atomic mass is 16.6. The van der Waals surface area contributed by atoms with Gasteiger partial charge in [-0.05, 0) is 64.2 Å². The lowest BCUT2D eigenvalue weighted by atomic mass is 9.88. The summed E-state index contributed by atoms with van der Waals surface area (Å²) in [6.45, 7) is 8.18. The van der Waals surface area contributed by atoms with Gasteiger partial charge in [0.1, 0.15) is 5.60 Å². The smallest absolute Gasteiger partial charge is 0.310 e. The van der Waals surface area contributed by atoms with Crippen LogP contribution < -0.4 is 5.73 Å². The standard InChI is InChI=1S/C20H37NO2/c1-5-20-14-10-6-7-11-15(21)12-8-9-13-16(20)17(20)18(22)23-19(2,3)4/h15-17H,5-14,21H2,1-4H3. The average molecular weight is 324 g/mol. The van der Waals surface area contributed by atoms with Crippen LogP contribution in [-0.4, -0.2) is 17.6 Å². The van der Waals surface area contributed by atoms with Gasteiger partial charge in [0.25, 0.3) is 0 Å². The summed E-state index contributed by atoms with van der Waals surface area (Å²) in [4.78, 5) is 12.7. The fraction of sp³-hybridized carbons (Fsp3) is 0.950. The van der Waals surface area contributed by atoms with Crippen molar-refractivity contribution in [3.63, 3.8) is 0 Å². The molecule has 0 heterocycles. The summed E-state index contributed by atoms with van der Waals surface area (Å²) in [6, 6.07) is 0.381. The lowest BCUT2D eigenvalue weighted by Gasteiger charge is -2.21. The van der Waals surface area contributed by atoms with Gasteiger partial charge < -0.3 is 10.5 Å². The minimum Gasteiger partial charge on any atom is -0.460 e. The summed E-state index contributed by atoms with van der Waals surface area (Å²) < 4.78 is 5.73. The first-order valence-corrected chi connectivity index (χ1v) is 9.78. The van der Waals surface area contributed by atoms with E-state index in [1.165, 1.54) is 44.9 Å². The Morgan fingerprint density at radius 3 is 2.30 bits per heavy atom. The van der Waals surface area contributed by atoms with E-state index in [0.717, 1.165) is 19.3 Å². The van der Waals surface area contributed by atoms with E-state index in [9.17, 15) is 4.79 Å². The molecule has 2 saturated carbocycles. The number of rotatable bonds is 2. The van der Waals surface area contributed by atoms with E-state index < -0.39 is 0 Å². The Labute approximate surface area is 142 Å². The monoisotopic (exact) mass is 323 g/mol. The molecule has 0 bridgehead atoms. The van der Waals surface area contributed by atoms with Crippen molar-refractivity contribution in [1.82, 2.24) is 0 Å². The number of nitrogens with two attached hydrogens (primary N) is 1. The van der Waals surface area contributed by atoms with Gasteiger partial charge in [-0.3, -0.25) is 4.79 Å². The molecule has 2 aliphatic carbocycles. The number of carbonyl (C=O) groups excluding carboxylic acids is 1. The van der Waals surface area contributed by atoms with Crippen LogP contribution in [0.25, 0.3) is 0 Å². The first-order chi connectivity index (χ1) is 10.8. The maximum absolute atomic E-state index is 12.7. The fourth-order valence-electron chi connectivity index (χ4n) is 4.75. The van der Waals surface area contributed by atoms with Gasteiger partial charge in [0, 0.05) is 6.04 Å². The number of hydrogen-bond acceptors (Lipinski definition) is 3. The third-order valence-electron chi connectivity index (χ3n) is 6.03. The van der Waals surface area contributed by atoms with E-state index in [1.54, 1.807) is 0 Å². The number of ether oxygens (including phenoxy) is 1. The van der Waals surface area contributed by atoms with Crippen LogP contribution in [0.3, 0.4) is 0 Å². The van der Waals surface area contributed by atoms with Crippen molar-refractivity contribution in [1.29, 1.82) is 0 Å². The largest absolute Gasteiger partial charge is 0.460 e. The van der Waals surface area contributed by atoms with E-state index in [2.05, 4.69) is 6.92 Å². The Balaban J connectivity index is 2.04. The fourth-order valence-corrected chi connectivity index (χ4v) is 4.75. The number of hydrogen-bond donors (Lipinski definition) is 1. The highest BCUT2D eigenvalue weighted by molar-refractivity contribution is 5.78. The van der Waals surface area contributed by atoms with Crippen LogP contribution in [0.5, 0.6) is 0 Å². The van der Waals surface area contributed by atoms with Crippen LogP contribution in [0.4, 0.5) is 0 Å². The summed E-state index contributed by atoms with van der Waals surface area (Å²) >= 11 is 0. The Morgan fingerprint density at radius 2 is 1.70 bits per heavy atom. The van der Waals surface area contributed by atoms with Gasteiger partial charge in [0.15, 0.2) is 0 Å². The third-order valence-corrected chi connectivity index (χ3v) is 6.03. The molecule has 0 amide bonds. The van der Waals surface area contributed by atoms with E-state index in [1.807, 2.05) is 20.8 Å². The Kier molecular flexibility index (Phi) is 6.16. The second kappa shape index (κ2) is 7.55. The maximum Gasteiger partial charge on any atom is 0.310 e. The predicted molar refractivity (Wildman–Crippen MR) is 95.1 cm³/mol. The lowest BCUT2D eigenvalue weighted by Crippen LogP contribution is -2.26. The van der Waals surface area contributed by atoms with Gasteiger partial charge in [0.05, 0.1) is 5.92 Å². The van der Waals surface area contributed by atoms with E-state index in [4.69, 9.17) is 10.5 Å². The highest BCUT2D eigenvalue weighted by Gasteiger charge is 2.66. The van der Waals surface area contributed by atoms with Crippen molar-refractivity contribution in [2.24, 2.45) is 23.0 Å². The molecule has 134 valence electrons. The zero-order valence-corrected chi connectivity index (χ0v) is 15.7. The second-order valence-corrected chi connectivity index (χ2v) is 8.85. The van der Waals surface area contributed by atoms with E-state index in [0.29, 0.717) is 12.0 Å². The minimum absolute atomic E-state index is 0.0518. The zero-order chi connectivity index (χ0) is 17.1. The summed E-state index contributed by atoms with van der Waals surface area (Å²) in [7, 11) is 0. The van der Waals surface area contributed by atoms with E-state index >= 15 is 0 Å². The quantitative estimate of drug-likeness (QED) is 0.741. The highest BCUT2D eigenvalue weighted by Crippen LogP contribution is 2.66. The van der Waals surface area contributed by atoms with Gasteiger partial charge in [-0.2, -0.15) is 0 Å². The molecule has 23 heavy (non-hydrogen) atoms. The molecular weight excluding hydrogens is 286 g/mol. The van der Waals surface area contributed by atoms with Gasteiger partial charge >= 0.3 is 5.97 Å². The normalized spacial score (nSPS) is 36.3. The minimum atomic E-state index is -0.376. The maximum atomic E-state index is 12.7. The molecule has 2 aliphatic rings. The summed E-state index contributed by atoms with van der Waals surface area (Å²) in [5, 5.41) is 0. The van der Waals surface area contributed by atoms with Gasteiger partial charge in [-0.15, -0.1) is 0 Å². The molecule has 4 atom stereocenters. The van der Waals surface area contributed by atoms with Crippen LogP contribution in [0, 0.1) is 17.3 Å². The molecule has 0 radical (unpaired) electrons. The van der Waals surface area contributed by atoms with Crippen molar-refractivity contribution in [3.8, 4) is 0 Å².